The molecule has 4 heterocycles. The number of alkyl halides is 3. The topological polar surface area (TPSA) is 142 Å². The lowest BCUT2D eigenvalue weighted by Gasteiger charge is -2.05. The Morgan fingerprint density at radius 2 is 1.82 bits per heavy atom. The van der Waals surface area contributed by atoms with Crippen molar-refractivity contribution < 1.29 is 41.8 Å². The second-order valence-corrected chi connectivity index (χ2v) is 7.62. The number of aliphatic carboxylic acids is 1. The Balaban J connectivity index is 0.000000532. The smallest absolute Gasteiger partial charge is 0.475 e. The summed E-state index contributed by atoms with van der Waals surface area (Å²) in [5.74, 6) is -2.52. The number of furan rings is 1. The zero-order chi connectivity index (χ0) is 28.3. The van der Waals surface area contributed by atoms with Crippen LogP contribution in [0.25, 0.3) is 22.8 Å². The molecule has 0 spiro atoms. The van der Waals surface area contributed by atoms with E-state index < -0.39 is 12.1 Å². The van der Waals surface area contributed by atoms with Gasteiger partial charge in [0, 0.05) is 19.5 Å². The monoisotopic (exact) mass is 547 g/mol. The van der Waals surface area contributed by atoms with Crippen molar-refractivity contribution >= 4 is 17.6 Å². The SMILES string of the molecule is COCCOCCn1cc(NC(=O)c2cccc(-c3ccco3)n2)c(-c2ccccn2)n1.O=C(O)C(F)(F)F. The standard InChI is InChI=1S/C23H23N5O4.C2HF3O2/c1-30-14-15-31-13-11-28-16-20(22(27-28)18-6-2-3-10-24-18)26-23(29)19-8-4-7-17(25-19)21-9-5-12-32-21;3-2(4,5)1(6)7/h2-10,12,16H,11,13-15H2,1H3,(H,26,29);(H,6,7). The number of carbonyl (C=O) groups excluding carboxylic acids is 1. The number of amides is 1. The highest BCUT2D eigenvalue weighted by molar-refractivity contribution is 6.04. The maximum Gasteiger partial charge on any atom is 0.490 e. The number of halogens is 3. The third-order valence-corrected chi connectivity index (χ3v) is 4.81. The Morgan fingerprint density at radius 1 is 1.05 bits per heavy atom. The van der Waals surface area contributed by atoms with Crippen molar-refractivity contribution in [2.45, 2.75) is 12.7 Å². The molecule has 39 heavy (non-hydrogen) atoms. The summed E-state index contributed by atoms with van der Waals surface area (Å²) in [5.41, 5.74) is 2.60. The average Bonchev–Trinajstić information content (AvgIpc) is 3.60. The van der Waals surface area contributed by atoms with Gasteiger partial charge in [-0.25, -0.2) is 9.78 Å². The van der Waals surface area contributed by atoms with Crippen LogP contribution >= 0.6 is 0 Å². The Hall–Kier alpha value is -4.56. The van der Waals surface area contributed by atoms with Crippen LogP contribution < -0.4 is 5.32 Å². The van der Waals surface area contributed by atoms with E-state index in [4.69, 9.17) is 23.8 Å². The fraction of sp³-hybridized carbons (Fsp3) is 0.240. The normalized spacial score (nSPS) is 11.0. The molecule has 4 aromatic heterocycles. The number of nitrogens with one attached hydrogen (secondary N) is 1. The summed E-state index contributed by atoms with van der Waals surface area (Å²) in [6.45, 7) is 2.02. The first-order chi connectivity index (χ1) is 18.7. The lowest BCUT2D eigenvalue weighted by molar-refractivity contribution is -0.192. The van der Waals surface area contributed by atoms with Gasteiger partial charge >= 0.3 is 12.1 Å². The molecule has 0 saturated carbocycles. The number of carbonyl (C=O) groups is 2. The van der Waals surface area contributed by atoms with Crippen LogP contribution in [0.2, 0.25) is 0 Å². The summed E-state index contributed by atoms with van der Waals surface area (Å²) in [4.78, 5) is 30.6. The Morgan fingerprint density at radius 3 is 2.46 bits per heavy atom. The number of hydrogen-bond donors (Lipinski definition) is 2. The second kappa shape index (κ2) is 13.8. The van der Waals surface area contributed by atoms with Crippen molar-refractivity contribution in [2.75, 3.05) is 32.2 Å². The van der Waals surface area contributed by atoms with Crippen molar-refractivity contribution in [2.24, 2.45) is 0 Å². The number of methoxy groups -OCH3 is 1. The quantitative estimate of drug-likeness (QED) is 0.280. The van der Waals surface area contributed by atoms with E-state index >= 15 is 0 Å². The molecular weight excluding hydrogens is 523 g/mol. The van der Waals surface area contributed by atoms with Crippen LogP contribution in [-0.2, 0) is 20.8 Å². The first-order valence-corrected chi connectivity index (χ1v) is 11.4. The number of ether oxygens (including phenoxy) is 2. The lowest BCUT2D eigenvalue weighted by atomic mass is 10.2. The Bertz CT molecular complexity index is 1340. The van der Waals surface area contributed by atoms with Gasteiger partial charge in [0.25, 0.3) is 5.91 Å². The number of carboxylic acid groups (broad SMARTS) is 1. The van der Waals surface area contributed by atoms with Crippen molar-refractivity contribution in [3.8, 4) is 22.8 Å². The van der Waals surface area contributed by atoms with E-state index in [2.05, 4.69) is 20.4 Å². The van der Waals surface area contributed by atoms with Gasteiger partial charge in [-0.15, -0.1) is 0 Å². The predicted molar refractivity (Wildman–Crippen MR) is 132 cm³/mol. The van der Waals surface area contributed by atoms with Crippen molar-refractivity contribution in [1.82, 2.24) is 19.7 Å². The van der Waals surface area contributed by atoms with Gasteiger partial charge in [0.1, 0.15) is 17.1 Å². The maximum absolute atomic E-state index is 13.0. The summed E-state index contributed by atoms with van der Waals surface area (Å²) in [6.07, 6.45) is -0.0730. The molecular formula is C25H24F3N5O6. The van der Waals surface area contributed by atoms with Crippen molar-refractivity contribution in [3.63, 3.8) is 0 Å². The fourth-order valence-corrected chi connectivity index (χ4v) is 3.03. The molecule has 0 aromatic carbocycles. The minimum Gasteiger partial charge on any atom is -0.475 e. The van der Waals surface area contributed by atoms with Gasteiger partial charge in [0.2, 0.25) is 0 Å². The van der Waals surface area contributed by atoms with E-state index in [-0.39, 0.29) is 11.6 Å². The Labute approximate surface area is 220 Å². The molecule has 0 radical (unpaired) electrons. The van der Waals surface area contributed by atoms with E-state index in [0.29, 0.717) is 54.9 Å². The van der Waals surface area contributed by atoms with Gasteiger partial charge in [0.05, 0.1) is 44.0 Å². The van der Waals surface area contributed by atoms with Crippen LogP contribution in [-0.4, -0.2) is 69.8 Å². The van der Waals surface area contributed by atoms with Crippen molar-refractivity contribution in [3.05, 3.63) is 72.9 Å². The largest absolute Gasteiger partial charge is 0.490 e. The third kappa shape index (κ3) is 8.76. The summed E-state index contributed by atoms with van der Waals surface area (Å²) < 4.78 is 49.3. The average molecular weight is 547 g/mol. The number of carboxylic acids is 1. The van der Waals surface area contributed by atoms with E-state index in [9.17, 15) is 18.0 Å². The summed E-state index contributed by atoms with van der Waals surface area (Å²) in [6, 6.07) is 14.3. The molecule has 206 valence electrons. The van der Waals surface area contributed by atoms with Gasteiger partial charge < -0.3 is 24.3 Å². The van der Waals surface area contributed by atoms with Crippen LogP contribution in [0.3, 0.4) is 0 Å². The minimum absolute atomic E-state index is 0.265. The van der Waals surface area contributed by atoms with Crippen LogP contribution in [0.5, 0.6) is 0 Å². The van der Waals surface area contributed by atoms with Gasteiger partial charge in [-0.1, -0.05) is 12.1 Å². The van der Waals surface area contributed by atoms with Crippen molar-refractivity contribution in [1.29, 1.82) is 0 Å². The van der Waals surface area contributed by atoms with Gasteiger partial charge in [-0.3, -0.25) is 14.5 Å². The first kappa shape index (κ1) is 29.0. The van der Waals surface area contributed by atoms with E-state index in [1.165, 1.54) is 0 Å². The van der Waals surface area contributed by atoms with E-state index in [1.54, 1.807) is 60.8 Å². The second-order valence-electron chi connectivity index (χ2n) is 7.62. The number of anilines is 1. The van der Waals surface area contributed by atoms with E-state index in [1.807, 2.05) is 18.2 Å². The minimum atomic E-state index is -5.08. The molecule has 1 amide bonds. The summed E-state index contributed by atoms with van der Waals surface area (Å²) in [5, 5.41) is 14.6. The molecule has 0 aliphatic rings. The highest BCUT2D eigenvalue weighted by atomic mass is 19.4. The molecule has 0 atom stereocenters. The van der Waals surface area contributed by atoms with Gasteiger partial charge in [-0.2, -0.15) is 18.3 Å². The van der Waals surface area contributed by atoms with Crippen LogP contribution in [0.15, 0.2) is 71.6 Å². The Kier molecular flexibility index (Phi) is 10.3. The zero-order valence-electron chi connectivity index (χ0n) is 20.6. The van der Waals surface area contributed by atoms with E-state index in [0.717, 1.165) is 0 Å². The molecule has 4 aromatic rings. The number of hydrogen-bond acceptors (Lipinski definition) is 8. The fourth-order valence-electron chi connectivity index (χ4n) is 3.03. The predicted octanol–water partition coefficient (Wildman–Crippen LogP) is 4.15. The molecule has 0 fully saturated rings. The number of rotatable bonds is 10. The number of nitrogens with zero attached hydrogens (tertiary/aromatic N) is 4. The third-order valence-electron chi connectivity index (χ3n) is 4.81. The molecule has 14 heteroatoms. The summed E-state index contributed by atoms with van der Waals surface area (Å²) >= 11 is 0. The number of pyridine rings is 2. The maximum atomic E-state index is 13.0. The van der Waals surface area contributed by atoms with Crippen LogP contribution in [0.1, 0.15) is 10.5 Å². The molecule has 0 unspecified atom stereocenters. The highest BCUT2D eigenvalue weighted by Gasteiger charge is 2.38. The molecule has 0 saturated heterocycles. The molecule has 4 rings (SSSR count). The molecule has 2 N–H and O–H groups in total. The lowest BCUT2D eigenvalue weighted by Crippen LogP contribution is -2.21. The van der Waals surface area contributed by atoms with Crippen LogP contribution in [0.4, 0.5) is 18.9 Å². The molecule has 11 nitrogen and oxygen atoms in total. The zero-order valence-corrected chi connectivity index (χ0v) is 20.6. The van der Waals surface area contributed by atoms with Gasteiger partial charge in [0.15, 0.2) is 5.76 Å². The summed E-state index contributed by atoms with van der Waals surface area (Å²) in [7, 11) is 1.63. The van der Waals surface area contributed by atoms with Gasteiger partial charge in [-0.05, 0) is 36.4 Å². The first-order valence-electron chi connectivity index (χ1n) is 11.4. The highest BCUT2D eigenvalue weighted by Crippen LogP contribution is 2.25. The number of aromatic nitrogens is 4. The molecule has 0 bridgehead atoms. The molecule has 0 aliphatic heterocycles. The van der Waals surface area contributed by atoms with Crippen LogP contribution in [0, 0.1) is 0 Å². The molecule has 0 aliphatic carbocycles.